The van der Waals surface area contributed by atoms with Crippen LogP contribution in [0.15, 0.2) is 46.9 Å². The molecule has 10 heteroatoms. The highest BCUT2D eigenvalue weighted by molar-refractivity contribution is 9.10. The van der Waals surface area contributed by atoms with Crippen LogP contribution in [0.5, 0.6) is 5.75 Å². The first kappa shape index (κ1) is 27.1. The Bertz CT molecular complexity index is 1030. The van der Waals surface area contributed by atoms with Crippen LogP contribution in [0.1, 0.15) is 38.8 Å². The van der Waals surface area contributed by atoms with Gasteiger partial charge in [0.25, 0.3) is 0 Å². The van der Waals surface area contributed by atoms with Crippen LogP contribution in [0, 0.1) is 5.82 Å². The predicted octanol–water partition coefficient (Wildman–Crippen LogP) is 4.33. The van der Waals surface area contributed by atoms with E-state index in [1.54, 1.807) is 59.1 Å². The van der Waals surface area contributed by atoms with E-state index in [1.165, 1.54) is 29.6 Å². The molecule has 178 valence electrons. The maximum atomic E-state index is 14.8. The van der Waals surface area contributed by atoms with Crippen LogP contribution in [-0.2, 0) is 33.5 Å². The number of benzene rings is 2. The summed E-state index contributed by atoms with van der Waals surface area (Å²) in [6, 6.07) is 11.4. The molecule has 0 amide bonds. The maximum absolute atomic E-state index is 14.8. The van der Waals surface area contributed by atoms with Gasteiger partial charge in [0.1, 0.15) is 21.9 Å². The van der Waals surface area contributed by atoms with Gasteiger partial charge in [0.05, 0.1) is 12.9 Å². The Morgan fingerprint density at radius 3 is 2.28 bits per heavy atom. The van der Waals surface area contributed by atoms with Crippen LogP contribution in [0.25, 0.3) is 0 Å². The third-order valence-electron chi connectivity index (χ3n) is 4.91. The highest BCUT2D eigenvalue weighted by atomic mass is 79.9. The van der Waals surface area contributed by atoms with Crippen molar-refractivity contribution in [3.8, 4) is 5.75 Å². The van der Waals surface area contributed by atoms with Crippen molar-refractivity contribution in [2.75, 3.05) is 19.9 Å². The average molecular weight is 550 g/mol. The molecule has 0 bridgehead atoms. The molecule has 0 aliphatic heterocycles. The van der Waals surface area contributed by atoms with Gasteiger partial charge in [0.2, 0.25) is 10.0 Å². The molecule has 0 spiro atoms. The van der Waals surface area contributed by atoms with Crippen LogP contribution in [0.4, 0.5) is 4.39 Å². The second-order valence-corrected chi connectivity index (χ2v) is 13.8. The van der Waals surface area contributed by atoms with Crippen molar-refractivity contribution < 1.29 is 22.1 Å². The van der Waals surface area contributed by atoms with Gasteiger partial charge in [0.15, 0.2) is 0 Å². The number of nitrogens with one attached hydrogen (secondary N) is 1. The largest absolute Gasteiger partial charge is 0.598 e. The van der Waals surface area contributed by atoms with Crippen molar-refractivity contribution in [3.63, 3.8) is 0 Å². The molecule has 0 radical (unpaired) electrons. The normalized spacial score (nSPS) is 15.4. The molecule has 1 N–H and O–H groups in total. The van der Waals surface area contributed by atoms with Gasteiger partial charge in [-0.2, -0.15) is 0 Å². The fourth-order valence-electron chi connectivity index (χ4n) is 3.00. The molecule has 0 heterocycles. The lowest BCUT2D eigenvalue weighted by molar-refractivity contribution is 0.409. The average Bonchev–Trinajstić information content (AvgIpc) is 2.69. The molecule has 0 fully saturated rings. The van der Waals surface area contributed by atoms with Crippen LogP contribution in [0.2, 0.25) is 0 Å². The Morgan fingerprint density at radius 1 is 1.16 bits per heavy atom. The molecule has 32 heavy (non-hydrogen) atoms. The van der Waals surface area contributed by atoms with E-state index in [2.05, 4.69) is 20.7 Å². The fraction of sp³-hybridized carbons (Fsp3) is 0.455. The molecule has 2 atom stereocenters. The van der Waals surface area contributed by atoms with Gasteiger partial charge in [-0.05, 0) is 63.6 Å². The fourth-order valence-corrected chi connectivity index (χ4v) is 5.87. The van der Waals surface area contributed by atoms with Crippen LogP contribution >= 0.6 is 15.9 Å². The lowest BCUT2D eigenvalue weighted by atomic mass is 9.95. The number of rotatable bonds is 9. The van der Waals surface area contributed by atoms with Crippen LogP contribution in [-0.4, -0.2) is 41.9 Å². The number of nitrogens with zero attached hydrogens (tertiary/aromatic N) is 1. The number of hydrogen-bond acceptors (Lipinski definition) is 5. The smallest absolute Gasteiger partial charge is 0.216 e. The van der Waals surface area contributed by atoms with Crippen molar-refractivity contribution in [1.29, 1.82) is 0 Å². The van der Waals surface area contributed by atoms with E-state index >= 15 is 0 Å². The Labute approximate surface area is 202 Å². The molecule has 0 aromatic heterocycles. The molecule has 2 rings (SSSR count). The third-order valence-corrected chi connectivity index (χ3v) is 9.17. The summed E-state index contributed by atoms with van der Waals surface area (Å²) in [5.74, 6) is -0.394. The van der Waals surface area contributed by atoms with Crippen LogP contribution < -0.4 is 9.46 Å². The number of ether oxygens (including phenoxy) is 1. The Morgan fingerprint density at radius 2 is 1.75 bits per heavy atom. The van der Waals surface area contributed by atoms with Gasteiger partial charge < -0.3 is 9.29 Å². The SMILES string of the molecule is COc1ccc(CN(C)S(=O)(=O)C[C@](C)(N[S+]([O-])C(C)(C)C)c2cc(Br)ccc2F)cc1. The number of methoxy groups -OCH3 is 1. The van der Waals surface area contributed by atoms with E-state index in [-0.39, 0.29) is 12.1 Å². The predicted molar refractivity (Wildman–Crippen MR) is 131 cm³/mol. The van der Waals surface area contributed by atoms with Gasteiger partial charge in [-0.3, -0.25) is 0 Å². The molecule has 1 unspecified atom stereocenters. The summed E-state index contributed by atoms with van der Waals surface area (Å²) in [6.45, 7) is 6.97. The van der Waals surface area contributed by atoms with Gasteiger partial charge in [-0.1, -0.05) is 28.1 Å². The van der Waals surface area contributed by atoms with E-state index in [9.17, 15) is 17.4 Å². The lowest BCUT2D eigenvalue weighted by Gasteiger charge is -2.36. The Balaban J connectivity index is 2.38. The first-order chi connectivity index (χ1) is 14.7. The van der Waals surface area contributed by atoms with E-state index in [4.69, 9.17) is 4.74 Å². The van der Waals surface area contributed by atoms with Crippen molar-refractivity contribution in [2.24, 2.45) is 0 Å². The van der Waals surface area contributed by atoms with Gasteiger partial charge in [-0.25, -0.2) is 17.1 Å². The topological polar surface area (TPSA) is 81.7 Å². The van der Waals surface area contributed by atoms with Gasteiger partial charge in [0, 0.05) is 35.0 Å². The molecule has 0 aliphatic carbocycles. The Kier molecular flexibility index (Phi) is 8.80. The molecular formula is C22H30BrFN2O4S2. The molecular weight excluding hydrogens is 519 g/mol. The molecule has 0 aliphatic rings. The second kappa shape index (κ2) is 10.4. The zero-order valence-electron chi connectivity index (χ0n) is 19.1. The van der Waals surface area contributed by atoms with Crippen molar-refractivity contribution >= 4 is 37.3 Å². The van der Waals surface area contributed by atoms with Gasteiger partial charge >= 0.3 is 0 Å². The first-order valence-corrected chi connectivity index (χ1v) is 13.5. The number of sulfonamides is 1. The minimum Gasteiger partial charge on any atom is -0.598 e. The summed E-state index contributed by atoms with van der Waals surface area (Å²) >= 11 is 1.68. The monoisotopic (exact) mass is 548 g/mol. The van der Waals surface area contributed by atoms with E-state index in [0.29, 0.717) is 10.2 Å². The third kappa shape index (κ3) is 6.91. The highest BCUT2D eigenvalue weighted by Crippen LogP contribution is 2.32. The second-order valence-electron chi connectivity index (χ2n) is 8.80. The minimum atomic E-state index is -3.88. The van der Waals surface area contributed by atoms with Gasteiger partial charge in [-0.15, -0.1) is 4.72 Å². The van der Waals surface area contributed by atoms with Crippen LogP contribution in [0.3, 0.4) is 0 Å². The van der Waals surface area contributed by atoms with E-state index in [0.717, 1.165) is 5.56 Å². The first-order valence-electron chi connectivity index (χ1n) is 9.90. The lowest BCUT2D eigenvalue weighted by Crippen LogP contribution is -2.54. The Hall–Kier alpha value is -1.17. The molecule has 2 aromatic rings. The molecule has 2 aromatic carbocycles. The summed E-state index contributed by atoms with van der Waals surface area (Å²) in [6.07, 6.45) is 0. The van der Waals surface area contributed by atoms with Crippen molar-refractivity contribution in [1.82, 2.24) is 9.03 Å². The highest BCUT2D eigenvalue weighted by Gasteiger charge is 2.43. The zero-order chi connectivity index (χ0) is 24.3. The maximum Gasteiger partial charge on any atom is 0.216 e. The summed E-state index contributed by atoms with van der Waals surface area (Å²) in [4.78, 5) is 0. The number of halogens is 2. The quantitative estimate of drug-likeness (QED) is 0.471. The van der Waals surface area contributed by atoms with E-state index < -0.39 is 43.2 Å². The molecule has 6 nitrogen and oxygen atoms in total. The number of hydrogen-bond donors (Lipinski definition) is 1. The van der Waals surface area contributed by atoms with E-state index in [1.807, 2.05) is 0 Å². The molecule has 0 saturated carbocycles. The zero-order valence-corrected chi connectivity index (χ0v) is 22.3. The molecule has 0 saturated heterocycles. The summed E-state index contributed by atoms with van der Waals surface area (Å²) < 4.78 is 63.5. The summed E-state index contributed by atoms with van der Waals surface area (Å²) in [5, 5.41) is 0. The summed E-state index contributed by atoms with van der Waals surface area (Å²) in [5.41, 5.74) is -0.553. The summed E-state index contributed by atoms with van der Waals surface area (Å²) in [7, 11) is -0.850. The van der Waals surface area contributed by atoms with Crippen molar-refractivity contribution in [3.05, 3.63) is 63.9 Å². The van der Waals surface area contributed by atoms with Crippen molar-refractivity contribution in [2.45, 2.75) is 44.5 Å². The standard InChI is InChI=1S/C22H30BrFN2O4S2/c1-21(2,3)31(27)25-22(4,19-13-17(23)9-12-20(19)24)15-32(28,29)26(5)14-16-7-10-18(30-6)11-8-16/h7-13,25H,14-15H2,1-6H3/t22-,31?/m0/s1. The minimum absolute atomic E-state index is 0.117.